The zero-order valence-electron chi connectivity index (χ0n) is 18.4. The van der Waals surface area contributed by atoms with Gasteiger partial charge in [-0.05, 0) is 39.7 Å². The van der Waals surface area contributed by atoms with E-state index < -0.39 is 41.6 Å². The van der Waals surface area contributed by atoms with Crippen LogP contribution in [0.1, 0.15) is 46.1 Å². The Morgan fingerprint density at radius 1 is 1.19 bits per heavy atom. The Balaban J connectivity index is 2.14. The highest BCUT2D eigenvalue weighted by Crippen LogP contribution is 2.21. The number of ether oxygens (including phenoxy) is 3. The summed E-state index contributed by atoms with van der Waals surface area (Å²) < 4.78 is 15.9. The van der Waals surface area contributed by atoms with E-state index in [1.165, 1.54) is 0 Å². The van der Waals surface area contributed by atoms with Crippen molar-refractivity contribution < 1.29 is 33.4 Å². The lowest BCUT2D eigenvalue weighted by Gasteiger charge is -2.28. The van der Waals surface area contributed by atoms with E-state index in [0.29, 0.717) is 0 Å². The summed E-state index contributed by atoms with van der Waals surface area (Å²) in [6.07, 6.45) is -0.611. The number of likely N-dealkylation sites (tertiary alicyclic amines) is 1. The second-order valence-electron chi connectivity index (χ2n) is 8.11. The highest BCUT2D eigenvalue weighted by Gasteiger charge is 2.44. The number of nitrogens with zero attached hydrogens (tertiary/aromatic N) is 1. The minimum atomic E-state index is -1.21. The maximum Gasteiger partial charge on any atom is 0.408 e. The van der Waals surface area contributed by atoms with E-state index in [-0.39, 0.29) is 32.7 Å². The van der Waals surface area contributed by atoms with Crippen LogP contribution in [0, 0.1) is 0 Å². The number of carbonyl (C=O) groups is 4. The van der Waals surface area contributed by atoms with Gasteiger partial charge in [-0.15, -0.1) is 0 Å². The first kappa shape index (κ1) is 24.3. The summed E-state index contributed by atoms with van der Waals surface area (Å²) >= 11 is 0. The van der Waals surface area contributed by atoms with Crippen molar-refractivity contribution in [3.63, 3.8) is 0 Å². The Bertz CT molecular complexity index is 789. The molecule has 0 spiro atoms. The maximum atomic E-state index is 13.2. The van der Waals surface area contributed by atoms with E-state index in [2.05, 4.69) is 5.32 Å². The zero-order valence-corrected chi connectivity index (χ0v) is 18.4. The second kappa shape index (κ2) is 10.9. The van der Waals surface area contributed by atoms with Crippen LogP contribution in [-0.2, 0) is 35.2 Å². The van der Waals surface area contributed by atoms with Crippen molar-refractivity contribution in [2.45, 2.75) is 64.8 Å². The van der Waals surface area contributed by atoms with Gasteiger partial charge in [-0.2, -0.15) is 0 Å². The normalized spacial score (nSPS) is 17.2. The fourth-order valence-electron chi connectivity index (χ4n) is 3.08. The number of carbonyl (C=O) groups excluding carboxylic acids is 4. The van der Waals surface area contributed by atoms with Gasteiger partial charge in [-0.3, -0.25) is 14.5 Å². The lowest BCUT2D eigenvalue weighted by atomic mass is 10.2. The molecular formula is C22H30N2O7. The molecule has 3 amide bonds. The summed E-state index contributed by atoms with van der Waals surface area (Å²) in [4.78, 5) is 50.9. The molecule has 0 aromatic heterocycles. The molecule has 1 aromatic carbocycles. The predicted molar refractivity (Wildman–Crippen MR) is 111 cm³/mol. The molecule has 2 rings (SSSR count). The van der Waals surface area contributed by atoms with Crippen molar-refractivity contribution in [1.29, 1.82) is 0 Å². The van der Waals surface area contributed by atoms with Crippen LogP contribution in [0.4, 0.5) is 4.79 Å². The SMILES string of the molecule is CCOC(=O)[C@@H]1CCC(=O)N1C(=O)[C@H](COCc1ccccc1)NC(=O)OC(C)(C)C. The largest absolute Gasteiger partial charge is 0.464 e. The van der Waals surface area contributed by atoms with Crippen molar-refractivity contribution in [1.82, 2.24) is 10.2 Å². The van der Waals surface area contributed by atoms with Crippen molar-refractivity contribution in [2.24, 2.45) is 0 Å². The molecule has 31 heavy (non-hydrogen) atoms. The van der Waals surface area contributed by atoms with E-state index >= 15 is 0 Å². The average Bonchev–Trinajstić information content (AvgIpc) is 3.08. The number of imide groups is 1. The molecule has 0 bridgehead atoms. The van der Waals surface area contributed by atoms with Crippen molar-refractivity contribution in [3.05, 3.63) is 35.9 Å². The number of rotatable bonds is 8. The van der Waals surface area contributed by atoms with Gasteiger partial charge in [-0.1, -0.05) is 30.3 Å². The molecule has 9 nitrogen and oxygen atoms in total. The smallest absolute Gasteiger partial charge is 0.408 e. The van der Waals surface area contributed by atoms with E-state index in [1.807, 2.05) is 30.3 Å². The van der Waals surface area contributed by atoms with Gasteiger partial charge in [0, 0.05) is 6.42 Å². The van der Waals surface area contributed by atoms with Gasteiger partial charge in [0.1, 0.15) is 17.7 Å². The summed E-state index contributed by atoms with van der Waals surface area (Å²) in [6.45, 7) is 6.85. The summed E-state index contributed by atoms with van der Waals surface area (Å²) in [7, 11) is 0. The van der Waals surface area contributed by atoms with E-state index in [4.69, 9.17) is 14.2 Å². The number of alkyl carbamates (subject to hydrolysis) is 1. The third-order valence-corrected chi connectivity index (χ3v) is 4.39. The molecule has 0 aliphatic carbocycles. The van der Waals surface area contributed by atoms with Crippen molar-refractivity contribution >= 4 is 23.9 Å². The number of benzene rings is 1. The predicted octanol–water partition coefficient (Wildman–Crippen LogP) is 2.18. The third-order valence-electron chi connectivity index (χ3n) is 4.39. The van der Waals surface area contributed by atoms with E-state index in [1.54, 1.807) is 27.7 Å². The minimum absolute atomic E-state index is 0.0409. The Kier molecular flexibility index (Phi) is 8.56. The number of amides is 3. The van der Waals surface area contributed by atoms with Gasteiger partial charge in [0.25, 0.3) is 5.91 Å². The molecule has 0 radical (unpaired) electrons. The van der Waals surface area contributed by atoms with Gasteiger partial charge in [0.15, 0.2) is 0 Å². The first-order valence-corrected chi connectivity index (χ1v) is 10.3. The molecule has 1 N–H and O–H groups in total. The number of hydrogen-bond acceptors (Lipinski definition) is 7. The molecule has 1 aromatic rings. The molecule has 1 aliphatic rings. The van der Waals surface area contributed by atoms with Gasteiger partial charge in [-0.25, -0.2) is 9.59 Å². The number of nitrogens with one attached hydrogen (secondary N) is 1. The average molecular weight is 434 g/mol. The highest BCUT2D eigenvalue weighted by atomic mass is 16.6. The fraction of sp³-hybridized carbons (Fsp3) is 0.545. The fourth-order valence-corrected chi connectivity index (χ4v) is 3.08. The molecule has 0 saturated carbocycles. The van der Waals surface area contributed by atoms with Gasteiger partial charge < -0.3 is 19.5 Å². The van der Waals surface area contributed by atoms with Crippen LogP contribution < -0.4 is 5.32 Å². The van der Waals surface area contributed by atoms with Crippen LogP contribution in [0.5, 0.6) is 0 Å². The molecule has 170 valence electrons. The second-order valence-corrected chi connectivity index (χ2v) is 8.11. The third kappa shape index (κ3) is 7.36. The van der Waals surface area contributed by atoms with E-state index in [9.17, 15) is 19.2 Å². The Labute approximate surface area is 182 Å². The lowest BCUT2D eigenvalue weighted by Crippen LogP contribution is -2.55. The Morgan fingerprint density at radius 3 is 2.48 bits per heavy atom. The van der Waals surface area contributed by atoms with Crippen LogP contribution in [-0.4, -0.2) is 59.7 Å². The molecule has 1 heterocycles. The monoisotopic (exact) mass is 434 g/mol. The molecular weight excluding hydrogens is 404 g/mol. The standard InChI is InChI=1S/C22H30N2O7/c1-5-30-20(27)17-11-12-18(25)24(17)19(26)16(23-21(28)31-22(2,3)4)14-29-13-15-9-7-6-8-10-15/h6-10,16-17H,5,11-14H2,1-4H3,(H,23,28)/t16-,17-/m0/s1. The summed E-state index contributed by atoms with van der Waals surface area (Å²) in [5, 5.41) is 2.47. The van der Waals surface area contributed by atoms with Crippen molar-refractivity contribution in [2.75, 3.05) is 13.2 Å². The topological polar surface area (TPSA) is 111 Å². The first-order valence-electron chi connectivity index (χ1n) is 10.3. The van der Waals surface area contributed by atoms with Crippen LogP contribution in [0.3, 0.4) is 0 Å². The molecule has 9 heteroatoms. The Hall–Kier alpha value is -2.94. The summed E-state index contributed by atoms with van der Waals surface area (Å²) in [5.41, 5.74) is 0.104. The first-order chi connectivity index (χ1) is 14.6. The minimum Gasteiger partial charge on any atom is -0.464 e. The molecule has 0 unspecified atom stereocenters. The van der Waals surface area contributed by atoms with Crippen LogP contribution in [0.15, 0.2) is 30.3 Å². The molecule has 2 atom stereocenters. The maximum absolute atomic E-state index is 13.2. The lowest BCUT2D eigenvalue weighted by molar-refractivity contribution is -0.158. The van der Waals surface area contributed by atoms with Crippen molar-refractivity contribution in [3.8, 4) is 0 Å². The van der Waals surface area contributed by atoms with Crippen LogP contribution in [0.25, 0.3) is 0 Å². The van der Waals surface area contributed by atoms with Gasteiger partial charge in [0.05, 0.1) is 19.8 Å². The molecule has 1 fully saturated rings. The zero-order chi connectivity index (χ0) is 23.0. The summed E-state index contributed by atoms with van der Waals surface area (Å²) in [6, 6.07) is 7.07. The number of esters is 1. The Morgan fingerprint density at radius 2 is 1.87 bits per heavy atom. The quantitative estimate of drug-likeness (QED) is 0.624. The van der Waals surface area contributed by atoms with Gasteiger partial charge >= 0.3 is 12.1 Å². The highest BCUT2D eigenvalue weighted by molar-refractivity contribution is 6.04. The van der Waals surface area contributed by atoms with Gasteiger partial charge in [0.2, 0.25) is 5.91 Å². The van der Waals surface area contributed by atoms with Crippen LogP contribution in [0.2, 0.25) is 0 Å². The summed E-state index contributed by atoms with van der Waals surface area (Å²) in [5.74, 6) is -1.88. The molecule has 1 saturated heterocycles. The van der Waals surface area contributed by atoms with Crippen LogP contribution >= 0.6 is 0 Å². The molecule has 1 aliphatic heterocycles. The number of hydrogen-bond donors (Lipinski definition) is 1. The van der Waals surface area contributed by atoms with E-state index in [0.717, 1.165) is 10.5 Å².